The van der Waals surface area contributed by atoms with Crippen molar-refractivity contribution in [2.75, 3.05) is 0 Å². The van der Waals surface area contributed by atoms with Crippen molar-refractivity contribution in [2.45, 2.75) is 13.5 Å². The molecule has 4 heteroatoms. The van der Waals surface area contributed by atoms with Gasteiger partial charge >= 0.3 is 0 Å². The van der Waals surface area contributed by atoms with Crippen molar-refractivity contribution in [3.05, 3.63) is 59.2 Å². The molecular formula is C14H12F2O2. The maximum absolute atomic E-state index is 13.2. The van der Waals surface area contributed by atoms with E-state index < -0.39 is 5.82 Å². The van der Waals surface area contributed by atoms with E-state index in [9.17, 15) is 8.78 Å². The molecule has 94 valence electrons. The number of aliphatic hydroxyl groups excluding tert-OH is 1. The number of aliphatic hydroxyl groups is 1. The highest BCUT2D eigenvalue weighted by Gasteiger charge is 2.04. The lowest BCUT2D eigenvalue weighted by molar-refractivity contribution is 0.280. The van der Waals surface area contributed by atoms with E-state index in [0.717, 1.165) is 0 Å². The summed E-state index contributed by atoms with van der Waals surface area (Å²) in [5, 5.41) is 8.96. The average molecular weight is 250 g/mol. The van der Waals surface area contributed by atoms with Crippen LogP contribution in [0.5, 0.6) is 11.5 Å². The molecule has 0 amide bonds. The van der Waals surface area contributed by atoms with Crippen molar-refractivity contribution in [1.82, 2.24) is 0 Å². The van der Waals surface area contributed by atoms with Gasteiger partial charge in [-0.3, -0.25) is 0 Å². The first-order valence-corrected chi connectivity index (χ1v) is 5.43. The first-order chi connectivity index (χ1) is 8.58. The van der Waals surface area contributed by atoms with Crippen molar-refractivity contribution < 1.29 is 18.6 Å². The van der Waals surface area contributed by atoms with E-state index in [1.165, 1.54) is 36.4 Å². The predicted molar refractivity (Wildman–Crippen MR) is 63.5 cm³/mol. The standard InChI is InChI=1S/C14H12F2O2/c1-9-4-12(2-3-14(9)16)18-13-6-10(8-17)5-11(15)7-13/h2-7,17H,8H2,1H3. The quantitative estimate of drug-likeness (QED) is 0.902. The molecule has 18 heavy (non-hydrogen) atoms. The van der Waals surface area contributed by atoms with Gasteiger partial charge in [0, 0.05) is 6.07 Å². The van der Waals surface area contributed by atoms with Crippen LogP contribution in [0.3, 0.4) is 0 Å². The number of rotatable bonds is 3. The molecule has 0 saturated heterocycles. The van der Waals surface area contributed by atoms with Crippen LogP contribution < -0.4 is 4.74 Å². The fraction of sp³-hybridized carbons (Fsp3) is 0.143. The van der Waals surface area contributed by atoms with Crippen LogP contribution in [0.1, 0.15) is 11.1 Å². The van der Waals surface area contributed by atoms with E-state index in [-0.39, 0.29) is 18.2 Å². The monoisotopic (exact) mass is 250 g/mol. The maximum Gasteiger partial charge on any atom is 0.130 e. The van der Waals surface area contributed by atoms with Crippen LogP contribution in [-0.4, -0.2) is 5.11 Å². The molecule has 0 fully saturated rings. The molecule has 0 aliphatic rings. The largest absolute Gasteiger partial charge is 0.457 e. The van der Waals surface area contributed by atoms with Gasteiger partial charge in [-0.25, -0.2) is 8.78 Å². The molecule has 0 atom stereocenters. The Balaban J connectivity index is 2.27. The third kappa shape index (κ3) is 2.84. The maximum atomic E-state index is 13.2. The van der Waals surface area contributed by atoms with Gasteiger partial charge < -0.3 is 9.84 Å². The molecule has 0 unspecified atom stereocenters. The third-order valence-electron chi connectivity index (χ3n) is 2.48. The molecule has 0 aliphatic carbocycles. The van der Waals surface area contributed by atoms with Crippen molar-refractivity contribution in [3.8, 4) is 11.5 Å². The van der Waals surface area contributed by atoms with Gasteiger partial charge in [0.1, 0.15) is 23.1 Å². The Morgan fingerprint density at radius 3 is 2.50 bits per heavy atom. The van der Waals surface area contributed by atoms with E-state index in [2.05, 4.69) is 0 Å². The summed E-state index contributed by atoms with van der Waals surface area (Å²) < 4.78 is 31.7. The zero-order chi connectivity index (χ0) is 13.1. The van der Waals surface area contributed by atoms with Crippen molar-refractivity contribution in [1.29, 1.82) is 0 Å². The molecule has 0 spiro atoms. The fourth-order valence-corrected chi connectivity index (χ4v) is 1.59. The smallest absolute Gasteiger partial charge is 0.130 e. The van der Waals surface area contributed by atoms with E-state index in [1.54, 1.807) is 6.92 Å². The van der Waals surface area contributed by atoms with Crippen molar-refractivity contribution in [3.63, 3.8) is 0 Å². The topological polar surface area (TPSA) is 29.5 Å². The third-order valence-corrected chi connectivity index (χ3v) is 2.48. The molecule has 2 rings (SSSR count). The molecule has 2 nitrogen and oxygen atoms in total. The van der Waals surface area contributed by atoms with Crippen LogP contribution >= 0.6 is 0 Å². The number of ether oxygens (including phenoxy) is 1. The number of halogens is 2. The Morgan fingerprint density at radius 2 is 1.83 bits per heavy atom. The summed E-state index contributed by atoms with van der Waals surface area (Å²) in [5.74, 6) is -0.124. The van der Waals surface area contributed by atoms with Gasteiger partial charge in [0.15, 0.2) is 0 Å². The number of benzene rings is 2. The van der Waals surface area contributed by atoms with Crippen molar-refractivity contribution in [2.24, 2.45) is 0 Å². The molecule has 1 N–H and O–H groups in total. The van der Waals surface area contributed by atoms with Crippen LogP contribution in [0, 0.1) is 18.6 Å². The molecule has 0 radical (unpaired) electrons. The molecule has 0 aromatic heterocycles. The molecule has 0 aliphatic heterocycles. The highest BCUT2D eigenvalue weighted by Crippen LogP contribution is 2.25. The lowest BCUT2D eigenvalue weighted by atomic mass is 10.2. The van der Waals surface area contributed by atoms with E-state index in [0.29, 0.717) is 16.9 Å². The van der Waals surface area contributed by atoms with E-state index in [4.69, 9.17) is 9.84 Å². The summed E-state index contributed by atoms with van der Waals surface area (Å²) >= 11 is 0. The fourth-order valence-electron chi connectivity index (χ4n) is 1.59. The zero-order valence-corrected chi connectivity index (χ0v) is 9.78. The lowest BCUT2D eigenvalue weighted by Gasteiger charge is -2.08. The summed E-state index contributed by atoms with van der Waals surface area (Å²) in [4.78, 5) is 0. The van der Waals surface area contributed by atoms with Gasteiger partial charge in [-0.05, 0) is 48.4 Å². The van der Waals surface area contributed by atoms with Gasteiger partial charge in [0.05, 0.1) is 6.61 Å². The van der Waals surface area contributed by atoms with E-state index >= 15 is 0 Å². The molecule has 0 bridgehead atoms. The second kappa shape index (κ2) is 5.14. The summed E-state index contributed by atoms with van der Waals surface area (Å²) in [6, 6.07) is 8.24. The molecule has 0 heterocycles. The minimum atomic E-state index is -0.490. The SMILES string of the molecule is Cc1cc(Oc2cc(F)cc(CO)c2)ccc1F. The van der Waals surface area contributed by atoms with Gasteiger partial charge in [0.2, 0.25) is 0 Å². The van der Waals surface area contributed by atoms with Crippen LogP contribution in [-0.2, 0) is 6.61 Å². The predicted octanol–water partition coefficient (Wildman–Crippen LogP) is 3.56. The number of aryl methyl sites for hydroxylation is 1. The van der Waals surface area contributed by atoms with Gasteiger partial charge in [-0.1, -0.05) is 0 Å². The zero-order valence-electron chi connectivity index (χ0n) is 9.78. The van der Waals surface area contributed by atoms with Crippen LogP contribution in [0.4, 0.5) is 8.78 Å². The summed E-state index contributed by atoms with van der Waals surface area (Å²) in [5.41, 5.74) is 0.870. The highest BCUT2D eigenvalue weighted by atomic mass is 19.1. The molecule has 2 aromatic carbocycles. The molecule has 0 saturated carbocycles. The Kier molecular flexibility index (Phi) is 3.58. The summed E-state index contributed by atoms with van der Waals surface area (Å²) in [6.45, 7) is 1.35. The van der Waals surface area contributed by atoms with E-state index in [1.807, 2.05) is 0 Å². The van der Waals surface area contributed by atoms with Crippen LogP contribution in [0.25, 0.3) is 0 Å². The van der Waals surface area contributed by atoms with Crippen molar-refractivity contribution >= 4 is 0 Å². The van der Waals surface area contributed by atoms with Gasteiger partial charge in [-0.2, -0.15) is 0 Å². The Morgan fingerprint density at radius 1 is 1.06 bits per heavy atom. The summed E-state index contributed by atoms with van der Waals surface area (Å²) in [6.07, 6.45) is 0. The number of hydrogen-bond acceptors (Lipinski definition) is 2. The highest BCUT2D eigenvalue weighted by molar-refractivity contribution is 5.36. The Labute approximate surface area is 103 Å². The molecular weight excluding hydrogens is 238 g/mol. The Hall–Kier alpha value is -1.94. The Bertz CT molecular complexity index is 568. The van der Waals surface area contributed by atoms with Crippen LogP contribution in [0.2, 0.25) is 0 Å². The minimum absolute atomic E-state index is 0.267. The molecule has 2 aromatic rings. The second-order valence-electron chi connectivity index (χ2n) is 3.97. The normalized spacial score (nSPS) is 10.4. The second-order valence-corrected chi connectivity index (χ2v) is 3.97. The van der Waals surface area contributed by atoms with Gasteiger partial charge in [-0.15, -0.1) is 0 Å². The minimum Gasteiger partial charge on any atom is -0.457 e. The summed E-state index contributed by atoms with van der Waals surface area (Å²) in [7, 11) is 0. The van der Waals surface area contributed by atoms with Crippen LogP contribution in [0.15, 0.2) is 36.4 Å². The van der Waals surface area contributed by atoms with Gasteiger partial charge in [0.25, 0.3) is 0 Å². The first-order valence-electron chi connectivity index (χ1n) is 5.43. The average Bonchev–Trinajstić information content (AvgIpc) is 2.33. The number of hydrogen-bond donors (Lipinski definition) is 1. The lowest BCUT2D eigenvalue weighted by Crippen LogP contribution is -1.91. The first kappa shape index (κ1) is 12.5.